The lowest BCUT2D eigenvalue weighted by molar-refractivity contribution is 0.0348. The highest BCUT2D eigenvalue weighted by molar-refractivity contribution is 5.97. The van der Waals surface area contributed by atoms with Crippen LogP contribution in [0.2, 0.25) is 0 Å². The summed E-state index contributed by atoms with van der Waals surface area (Å²) in [5.74, 6) is 6.00. The smallest absolute Gasteiger partial charge is 0.259 e. The molecular formula is C20H29N3O4. The Hall–Kier alpha value is -2.14. The first-order valence-corrected chi connectivity index (χ1v) is 9.08. The van der Waals surface area contributed by atoms with Crippen LogP contribution in [0.4, 0.5) is 0 Å². The number of amides is 1. The third-order valence-electron chi connectivity index (χ3n) is 4.52. The first-order valence-electron chi connectivity index (χ1n) is 9.08. The normalized spacial score (nSPS) is 20.9. The number of hydrogen-bond acceptors (Lipinski definition) is 6. The fraction of sp³-hybridized carbons (Fsp3) is 0.600. The van der Waals surface area contributed by atoms with Gasteiger partial charge >= 0.3 is 0 Å². The van der Waals surface area contributed by atoms with E-state index < -0.39 is 0 Å². The fourth-order valence-electron chi connectivity index (χ4n) is 2.96. The van der Waals surface area contributed by atoms with E-state index in [1.807, 2.05) is 27.9 Å². The summed E-state index contributed by atoms with van der Waals surface area (Å²) in [7, 11) is 5.54. The molecule has 0 spiro atoms. The summed E-state index contributed by atoms with van der Waals surface area (Å²) in [5, 5.41) is 9.63. The van der Waals surface area contributed by atoms with E-state index in [-0.39, 0.29) is 30.6 Å². The van der Waals surface area contributed by atoms with Crippen LogP contribution in [-0.4, -0.2) is 85.5 Å². The highest BCUT2D eigenvalue weighted by Crippen LogP contribution is 2.27. The monoisotopic (exact) mass is 375 g/mol. The molecule has 1 N–H and O–H groups in total. The van der Waals surface area contributed by atoms with Crippen molar-refractivity contribution in [1.29, 1.82) is 0 Å². The predicted octanol–water partition coefficient (Wildman–Crippen LogP) is 0.861. The Balaban J connectivity index is 2.46. The Bertz CT molecular complexity index is 711. The number of carbonyl (C=O) groups excluding carboxylic acids is 1. The number of hydrogen-bond donors (Lipinski definition) is 1. The summed E-state index contributed by atoms with van der Waals surface area (Å²) in [6.07, 6.45) is 1.48. The van der Waals surface area contributed by atoms with Gasteiger partial charge in [0.2, 0.25) is 5.88 Å². The van der Waals surface area contributed by atoms with Crippen molar-refractivity contribution < 1.29 is 19.4 Å². The van der Waals surface area contributed by atoms with Crippen LogP contribution in [0.1, 0.15) is 29.8 Å². The Morgan fingerprint density at radius 1 is 1.52 bits per heavy atom. The molecule has 1 aromatic heterocycles. The lowest BCUT2D eigenvalue weighted by atomic mass is 10.00. The zero-order valence-corrected chi connectivity index (χ0v) is 16.7. The molecule has 0 saturated heterocycles. The standard InChI is InChI=1S/C20H29N3O4/c1-14-11-23(15(2)13-24)20(25)17-9-16(7-6-8-26-5)10-21-19(17)27-18(14)12-22(3)4/h9-10,14-15,18,24H,8,11-13H2,1-5H3/t14-,15-,18-/m0/s1. The molecular weight excluding hydrogens is 346 g/mol. The molecule has 0 fully saturated rings. The van der Waals surface area contributed by atoms with Gasteiger partial charge in [-0.15, -0.1) is 0 Å². The number of ether oxygens (including phenoxy) is 2. The van der Waals surface area contributed by atoms with Gasteiger partial charge in [0.25, 0.3) is 5.91 Å². The molecule has 7 heteroatoms. The number of methoxy groups -OCH3 is 1. The number of rotatable bonds is 5. The van der Waals surface area contributed by atoms with Crippen LogP contribution >= 0.6 is 0 Å². The zero-order valence-electron chi connectivity index (χ0n) is 16.7. The number of aliphatic hydroxyl groups is 1. The number of likely N-dealkylation sites (N-methyl/N-ethyl adjacent to an activating group) is 1. The third-order valence-corrected chi connectivity index (χ3v) is 4.52. The fourth-order valence-corrected chi connectivity index (χ4v) is 2.96. The van der Waals surface area contributed by atoms with E-state index in [9.17, 15) is 9.90 Å². The maximum atomic E-state index is 13.2. The van der Waals surface area contributed by atoms with E-state index in [4.69, 9.17) is 9.47 Å². The van der Waals surface area contributed by atoms with Crippen LogP contribution in [0.3, 0.4) is 0 Å². The van der Waals surface area contributed by atoms with Gasteiger partial charge in [0.1, 0.15) is 18.3 Å². The van der Waals surface area contributed by atoms with Gasteiger partial charge in [0, 0.05) is 37.9 Å². The van der Waals surface area contributed by atoms with E-state index >= 15 is 0 Å². The molecule has 0 aliphatic carbocycles. The Morgan fingerprint density at radius 2 is 2.26 bits per heavy atom. The molecule has 0 saturated carbocycles. The van der Waals surface area contributed by atoms with Crippen molar-refractivity contribution in [2.45, 2.75) is 26.0 Å². The van der Waals surface area contributed by atoms with Crippen molar-refractivity contribution >= 4 is 5.91 Å². The minimum atomic E-state index is -0.297. The Kier molecular flexibility index (Phi) is 7.60. The lowest BCUT2D eigenvalue weighted by Crippen LogP contribution is -2.49. The third kappa shape index (κ3) is 5.42. The van der Waals surface area contributed by atoms with Crippen LogP contribution in [0, 0.1) is 17.8 Å². The molecule has 1 aliphatic heterocycles. The lowest BCUT2D eigenvalue weighted by Gasteiger charge is -2.37. The van der Waals surface area contributed by atoms with Gasteiger partial charge in [-0.05, 0) is 27.1 Å². The van der Waals surface area contributed by atoms with Crippen molar-refractivity contribution in [2.24, 2.45) is 5.92 Å². The summed E-state index contributed by atoms with van der Waals surface area (Å²) in [4.78, 5) is 21.3. The quantitative estimate of drug-likeness (QED) is 0.770. The molecule has 7 nitrogen and oxygen atoms in total. The van der Waals surface area contributed by atoms with Crippen LogP contribution in [0.5, 0.6) is 5.88 Å². The van der Waals surface area contributed by atoms with Crippen molar-refractivity contribution in [3.63, 3.8) is 0 Å². The first-order chi connectivity index (χ1) is 12.9. The van der Waals surface area contributed by atoms with Gasteiger partial charge in [-0.1, -0.05) is 18.8 Å². The van der Waals surface area contributed by atoms with Crippen molar-refractivity contribution in [2.75, 3.05) is 47.5 Å². The van der Waals surface area contributed by atoms with Gasteiger partial charge in [-0.2, -0.15) is 0 Å². The zero-order chi connectivity index (χ0) is 20.0. The SMILES string of the molecule is COCC#Cc1cnc2c(c1)C(=O)N([C@@H](C)CO)C[C@H](C)[C@H](CN(C)C)O2. The van der Waals surface area contributed by atoms with Gasteiger partial charge in [-0.25, -0.2) is 4.98 Å². The number of nitrogens with zero attached hydrogens (tertiary/aromatic N) is 3. The van der Waals surface area contributed by atoms with Gasteiger partial charge in [0.15, 0.2) is 0 Å². The second-order valence-electron chi connectivity index (χ2n) is 7.20. The number of aromatic nitrogens is 1. The van der Waals surface area contributed by atoms with Gasteiger partial charge < -0.3 is 24.4 Å². The number of pyridine rings is 1. The highest BCUT2D eigenvalue weighted by Gasteiger charge is 2.33. The van der Waals surface area contributed by atoms with Crippen LogP contribution < -0.4 is 4.74 Å². The summed E-state index contributed by atoms with van der Waals surface area (Å²) >= 11 is 0. The first kappa shape index (κ1) is 21.2. The van der Waals surface area contributed by atoms with E-state index in [0.717, 1.165) is 0 Å². The van der Waals surface area contributed by atoms with E-state index in [0.29, 0.717) is 36.7 Å². The molecule has 2 rings (SSSR count). The van der Waals surface area contributed by atoms with Crippen LogP contribution in [0.25, 0.3) is 0 Å². The van der Waals surface area contributed by atoms with E-state index in [2.05, 4.69) is 21.7 Å². The largest absolute Gasteiger partial charge is 0.472 e. The van der Waals surface area contributed by atoms with Crippen molar-refractivity contribution in [1.82, 2.24) is 14.8 Å². The molecule has 1 amide bonds. The second kappa shape index (κ2) is 9.70. The van der Waals surface area contributed by atoms with Crippen molar-refractivity contribution in [3.05, 3.63) is 23.4 Å². The number of fused-ring (bicyclic) bond motifs is 1. The van der Waals surface area contributed by atoms with Gasteiger partial charge in [-0.3, -0.25) is 4.79 Å². The summed E-state index contributed by atoms with van der Waals surface area (Å²) in [6.45, 7) is 5.29. The molecule has 148 valence electrons. The molecule has 0 unspecified atom stereocenters. The molecule has 0 bridgehead atoms. The molecule has 2 heterocycles. The molecule has 0 radical (unpaired) electrons. The van der Waals surface area contributed by atoms with E-state index in [1.54, 1.807) is 24.3 Å². The molecule has 1 aliphatic rings. The maximum absolute atomic E-state index is 13.2. The van der Waals surface area contributed by atoms with Crippen molar-refractivity contribution in [3.8, 4) is 17.7 Å². The minimum Gasteiger partial charge on any atom is -0.472 e. The van der Waals surface area contributed by atoms with Crippen LogP contribution in [0.15, 0.2) is 12.3 Å². The molecule has 1 aromatic rings. The van der Waals surface area contributed by atoms with E-state index in [1.165, 1.54) is 0 Å². The average Bonchev–Trinajstić information content (AvgIpc) is 2.64. The predicted molar refractivity (Wildman–Crippen MR) is 103 cm³/mol. The molecule has 27 heavy (non-hydrogen) atoms. The number of aliphatic hydroxyl groups excluding tert-OH is 1. The van der Waals surface area contributed by atoms with Crippen LogP contribution in [-0.2, 0) is 4.74 Å². The average molecular weight is 375 g/mol. The van der Waals surface area contributed by atoms with Gasteiger partial charge in [0.05, 0.1) is 12.6 Å². The second-order valence-corrected chi connectivity index (χ2v) is 7.20. The summed E-state index contributed by atoms with van der Waals surface area (Å²) in [5.41, 5.74) is 0.993. The highest BCUT2D eigenvalue weighted by atomic mass is 16.5. The molecule has 0 aromatic carbocycles. The molecule has 3 atom stereocenters. The maximum Gasteiger partial charge on any atom is 0.259 e. The Morgan fingerprint density at radius 3 is 2.89 bits per heavy atom. The summed E-state index contributed by atoms with van der Waals surface area (Å²) in [6, 6.07) is 1.40. The topological polar surface area (TPSA) is 75.1 Å². The Labute approximate surface area is 161 Å². The number of carbonyl (C=O) groups is 1. The summed E-state index contributed by atoms with van der Waals surface area (Å²) < 4.78 is 11.1. The minimum absolute atomic E-state index is 0.0847.